The van der Waals surface area contributed by atoms with Crippen molar-refractivity contribution in [3.63, 3.8) is 0 Å². The third-order valence-electron chi connectivity index (χ3n) is 18.0. The third-order valence-corrected chi connectivity index (χ3v) is 22.2. The van der Waals surface area contributed by atoms with Crippen molar-refractivity contribution >= 4 is 104 Å². The number of carbonyl (C=O) groups excluding carboxylic acids is 3. The fourth-order valence-electron chi connectivity index (χ4n) is 13.3. The topological polar surface area (TPSA) is 723 Å². The van der Waals surface area contributed by atoms with E-state index in [9.17, 15) is 117 Å². The number of aliphatic hydroxyl groups is 1. The van der Waals surface area contributed by atoms with Gasteiger partial charge in [-0.15, -0.1) is 0 Å². The van der Waals surface area contributed by atoms with Crippen LogP contribution in [0.5, 0.6) is 0 Å². The molecule has 13 N–H and O–H groups in total. The summed E-state index contributed by atoms with van der Waals surface area (Å²) in [6.07, 6.45) is -53.0. The molecule has 0 aliphatic carbocycles. The zero-order chi connectivity index (χ0) is 83.3. The normalized spacial score (nSPS) is 36.3. The number of nitrogens with one attached hydrogen (secondary N) is 4. The van der Waals surface area contributed by atoms with Crippen LogP contribution in [0.1, 0.15) is 51.4 Å². The molecule has 7 fully saturated rings. The number of methoxy groups -OCH3 is 7. The molecule has 0 aromatic carbocycles. The zero-order valence-electron chi connectivity index (χ0n) is 59.7. The number of rotatable bonds is 44. The number of ether oxygens (including phenoxy) is 16. The van der Waals surface area contributed by atoms with Crippen LogP contribution in [0.25, 0.3) is 0 Å². The molecule has 4 amide bonds. The Hall–Kier alpha value is -3.96. The Labute approximate surface area is 644 Å². The van der Waals surface area contributed by atoms with Crippen LogP contribution in [0.3, 0.4) is 0 Å². The van der Waals surface area contributed by atoms with Gasteiger partial charge in [0.05, 0.1) is 31.9 Å². The van der Waals surface area contributed by atoms with Gasteiger partial charge in [0.15, 0.2) is 55.9 Å². The molecule has 0 spiro atoms. The minimum Gasteiger partial charge on any atom is -0.479 e. The van der Waals surface area contributed by atoms with Crippen LogP contribution >= 0.6 is 11.8 Å². The highest BCUT2D eigenvalue weighted by Gasteiger charge is 2.62. The Morgan fingerprint density at radius 3 is 1.30 bits per heavy atom. The van der Waals surface area contributed by atoms with E-state index < -0.39 is 254 Å². The molecule has 3 unspecified atom stereocenters. The van der Waals surface area contributed by atoms with Gasteiger partial charge in [-0.3, -0.25) is 36.9 Å². The summed E-state index contributed by atoms with van der Waals surface area (Å²) in [5.74, 6) is -4.46. The molecule has 650 valence electrons. The van der Waals surface area contributed by atoms with Crippen molar-refractivity contribution < 1.29 is 218 Å². The molecule has 52 nitrogen and oxygen atoms in total. The number of carbonyl (C=O) groups is 5. The van der Waals surface area contributed by atoms with E-state index in [2.05, 4.69) is 33.8 Å². The molecule has 7 saturated heterocycles. The average molecular weight is 1770 g/mol. The fraction of sp³-hybridized carbons (Fsp3) is 0.906. The van der Waals surface area contributed by atoms with Crippen LogP contribution in [0, 0.1) is 0 Å². The average Bonchev–Trinajstić information content (AvgIpc) is 0.947. The van der Waals surface area contributed by atoms with E-state index in [0.717, 1.165) is 68.4 Å². The number of thioether (sulfide) groups is 1. The molecular formula is C53H88N4O48S7. The summed E-state index contributed by atoms with van der Waals surface area (Å²) in [5, 5.41) is 44.6. The summed E-state index contributed by atoms with van der Waals surface area (Å²) in [4.78, 5) is 65.2. The van der Waals surface area contributed by atoms with Crippen LogP contribution in [-0.2, 0) is 182 Å². The highest BCUT2D eigenvalue weighted by Crippen LogP contribution is 2.42. The van der Waals surface area contributed by atoms with Crippen molar-refractivity contribution in [3.05, 3.63) is 0 Å². The SMILES string of the molecule is CO[C@H]1O[C@H](COS(=O)(=O)O)[C@@H](O[C@H]2O[C@H](C(=O)O)[C@@H](O[C@H]3O[C@H](COS(=O)(=O)O)[C@@H](O[C@@H]4O[C@H](C(=O)O)[C@@H](O[C@H]5O[C@H](COS(=O)(=O)O)[C@@H](O)[C@H](OC)[C@H]5NC(=O)CCCCCNC(=O)CCCCC5SCC6NC(=O)NC65)[C@H](OC)[C@H]4OC)[C@H](OS(=O)(=O)O)[C@H]3OS(=O)(=O)O)[C@H](OC)[C@H]2OC)[C@H](OC)[C@H]1OS(=O)(=O)O. The van der Waals surface area contributed by atoms with Gasteiger partial charge in [-0.05, 0) is 25.7 Å². The quantitative estimate of drug-likeness (QED) is 0.0153. The number of aliphatic hydroxyl groups excluding tert-OH is 1. The van der Waals surface area contributed by atoms with Crippen molar-refractivity contribution in [1.29, 1.82) is 0 Å². The highest BCUT2D eigenvalue weighted by atomic mass is 32.3. The fourth-order valence-corrected chi connectivity index (χ4v) is 17.3. The summed E-state index contributed by atoms with van der Waals surface area (Å²) in [5.41, 5.74) is 0. The zero-order valence-corrected chi connectivity index (χ0v) is 65.4. The lowest BCUT2D eigenvalue weighted by Crippen LogP contribution is -2.70. The van der Waals surface area contributed by atoms with Crippen molar-refractivity contribution in [1.82, 2.24) is 21.3 Å². The molecule has 7 rings (SSSR count). The minimum absolute atomic E-state index is 0.0189. The Morgan fingerprint density at radius 1 is 0.438 bits per heavy atom. The van der Waals surface area contributed by atoms with Gasteiger partial charge in [0.1, 0.15) is 97.6 Å². The summed E-state index contributed by atoms with van der Waals surface area (Å²) >= 11 is 1.75. The number of carboxylic acid groups (broad SMARTS) is 2. The van der Waals surface area contributed by atoms with E-state index in [1.54, 1.807) is 11.8 Å². The highest BCUT2D eigenvalue weighted by molar-refractivity contribution is 8.00. The summed E-state index contributed by atoms with van der Waals surface area (Å²) in [7, 11) is -28.3. The van der Waals surface area contributed by atoms with Crippen molar-refractivity contribution in [2.75, 3.05) is 81.9 Å². The van der Waals surface area contributed by atoms with Gasteiger partial charge in [0.25, 0.3) is 0 Å². The van der Waals surface area contributed by atoms with Gasteiger partial charge < -0.3 is 112 Å². The molecule has 7 aliphatic rings. The van der Waals surface area contributed by atoms with Crippen LogP contribution in [0.2, 0.25) is 0 Å². The van der Waals surface area contributed by atoms with Gasteiger partial charge in [-0.2, -0.15) is 62.3 Å². The van der Waals surface area contributed by atoms with E-state index in [0.29, 0.717) is 19.3 Å². The lowest BCUT2D eigenvalue weighted by atomic mass is 9.94. The summed E-state index contributed by atoms with van der Waals surface area (Å²) in [6.45, 7) is -4.04. The van der Waals surface area contributed by atoms with E-state index >= 15 is 0 Å². The molecule has 7 heterocycles. The van der Waals surface area contributed by atoms with Gasteiger partial charge in [0, 0.05) is 80.2 Å². The van der Waals surface area contributed by atoms with Crippen LogP contribution in [0.4, 0.5) is 4.79 Å². The molecule has 0 aromatic heterocycles. The number of fused-ring (bicyclic) bond motifs is 1. The first-order valence-electron chi connectivity index (χ1n) is 33.0. The van der Waals surface area contributed by atoms with E-state index in [1.807, 2.05) is 0 Å². The number of amides is 4. The van der Waals surface area contributed by atoms with Gasteiger partial charge in [-0.1, -0.05) is 12.8 Å². The molecule has 112 heavy (non-hydrogen) atoms. The maximum absolute atomic E-state index is 13.8. The molecule has 0 saturated carbocycles. The number of unbranched alkanes of at least 4 members (excludes halogenated alkanes) is 3. The molecule has 0 bridgehead atoms. The van der Waals surface area contributed by atoms with Gasteiger partial charge >= 0.3 is 80.4 Å². The number of hydrogen-bond acceptors (Lipinski definition) is 41. The Kier molecular flexibility index (Phi) is 35.0. The smallest absolute Gasteiger partial charge is 0.397 e. The third kappa shape index (κ3) is 27.0. The Bertz CT molecular complexity index is 3860. The second kappa shape index (κ2) is 41.1. The summed E-state index contributed by atoms with van der Waals surface area (Å²) < 4.78 is 327. The first kappa shape index (κ1) is 95.2. The summed E-state index contributed by atoms with van der Waals surface area (Å²) in [6, 6.07) is -1.89. The number of aliphatic carboxylic acids is 2. The van der Waals surface area contributed by atoms with Crippen molar-refractivity contribution in [2.45, 2.75) is 222 Å². The Morgan fingerprint density at radius 2 is 0.839 bits per heavy atom. The van der Waals surface area contributed by atoms with E-state index in [1.165, 1.54) is 0 Å². The van der Waals surface area contributed by atoms with E-state index in [4.69, 9.17) is 88.3 Å². The largest absolute Gasteiger partial charge is 0.479 e. The van der Waals surface area contributed by atoms with E-state index in [-0.39, 0.29) is 55.1 Å². The van der Waals surface area contributed by atoms with Gasteiger partial charge in [0.2, 0.25) is 11.8 Å². The molecule has 0 radical (unpaired) electrons. The lowest BCUT2D eigenvalue weighted by Gasteiger charge is -2.51. The second-order valence-corrected chi connectivity index (χ2v) is 32.9. The number of urea groups is 1. The Balaban J connectivity index is 1.16. The van der Waals surface area contributed by atoms with Crippen LogP contribution in [-0.4, -0.2) is 376 Å². The number of hydrogen-bond donors (Lipinski definition) is 13. The maximum atomic E-state index is 13.8. The van der Waals surface area contributed by atoms with Gasteiger partial charge in [-0.25, -0.2) is 39.5 Å². The van der Waals surface area contributed by atoms with Crippen molar-refractivity contribution in [3.8, 4) is 0 Å². The molecule has 7 aliphatic heterocycles. The lowest BCUT2D eigenvalue weighted by molar-refractivity contribution is -0.386. The predicted molar refractivity (Wildman–Crippen MR) is 355 cm³/mol. The molecule has 28 atom stereocenters. The molecular weight excluding hydrogens is 1690 g/mol. The monoisotopic (exact) mass is 1770 g/mol. The van der Waals surface area contributed by atoms with Crippen molar-refractivity contribution in [2.24, 2.45) is 0 Å². The first-order valence-corrected chi connectivity index (χ1v) is 42.3. The van der Waals surface area contributed by atoms with Crippen LogP contribution < -0.4 is 21.3 Å². The predicted octanol–water partition coefficient (Wildman–Crippen LogP) is -6.67. The minimum atomic E-state index is -6.21. The molecule has 0 aromatic rings. The van der Waals surface area contributed by atoms with Crippen LogP contribution in [0.15, 0.2) is 0 Å². The number of carboxylic acids is 2. The maximum Gasteiger partial charge on any atom is 0.397 e. The first-order chi connectivity index (χ1) is 52.2. The second-order valence-electron chi connectivity index (χ2n) is 25.2. The standard InChI is InChI=1S/C53H88N4O48S7/c1-84-33-29(56-27(59)15-9-8-12-16-54-26(58)14-11-10-13-25-28-21(20-106-25)55-53(65)57-28)48(94-22(30(33)60)17-91-107(66,67)68)99-37-35(86-3)42(88-5)51(101-40(37)46(61)62)98-32-24(19-93-109(72,73)74)96-52(45(105-112(81,82)83)39(32)103-110(75,76)77)100-38-36(87-4)43(89-6)50(102-41(38)47(63)64)97-31-23(18-92-108(69,70)71)95-49(90-7)44(34(31)85-2)104-111(78,79)80/h21-25,28-45,48-52,60H,8-20H2,1-7H3,(H,54,58)(H,56,59)(H,61,62)(H,63,64)(H2,55,57,65)(H,66,67,68)(H,69,70,71)(H,72,73,74)(H,75,76,77)(H,78,79,80)(H,81,82,83)/t21?,22-,23-,24-,25?,28?,29-,30-,31-,32-,33-,34+,35+,36+,37+,38+,39+,40+,41+,42-,43-,44-,45-,48-,49+,50+,51-,52-/m1/s1. The molecule has 59 heteroatoms.